The zero-order valence-corrected chi connectivity index (χ0v) is 16.2. The Kier molecular flexibility index (Phi) is 5.58. The third-order valence-electron chi connectivity index (χ3n) is 4.33. The number of ether oxygens (including phenoxy) is 2. The van der Waals surface area contributed by atoms with Gasteiger partial charge in [-0.3, -0.25) is 0 Å². The predicted octanol–water partition coefficient (Wildman–Crippen LogP) is 4.31. The molecule has 0 spiro atoms. The van der Waals surface area contributed by atoms with Crippen LogP contribution in [0.2, 0.25) is 0 Å². The van der Waals surface area contributed by atoms with Gasteiger partial charge in [-0.05, 0) is 31.0 Å². The van der Waals surface area contributed by atoms with E-state index in [9.17, 15) is 18.7 Å². The minimum Gasteiger partial charge on any atom is -0.493 e. The second-order valence-electron chi connectivity index (χ2n) is 6.40. The van der Waals surface area contributed by atoms with Gasteiger partial charge in [0.2, 0.25) is 11.8 Å². The van der Waals surface area contributed by atoms with Crippen molar-refractivity contribution in [3.63, 3.8) is 0 Å². The smallest absolute Gasteiger partial charge is 0.397 e. The van der Waals surface area contributed by atoms with Crippen LogP contribution in [0.1, 0.15) is 31.5 Å². The van der Waals surface area contributed by atoms with E-state index in [2.05, 4.69) is 9.97 Å². The SMILES string of the molecule is CCc1[nH]c(=O)n(-c2ccc(Oc3ccc(C)c(OC(F)(F)CC)c3)nc2)c1O. The molecule has 3 rings (SSSR count). The monoisotopic (exact) mass is 405 g/mol. The summed E-state index contributed by atoms with van der Waals surface area (Å²) in [6.07, 6.45) is -1.89. The van der Waals surface area contributed by atoms with Crippen LogP contribution in [0.3, 0.4) is 0 Å². The van der Waals surface area contributed by atoms with Gasteiger partial charge in [-0.2, -0.15) is 8.78 Å². The van der Waals surface area contributed by atoms with Gasteiger partial charge in [0.25, 0.3) is 0 Å². The lowest BCUT2D eigenvalue weighted by molar-refractivity contribution is -0.177. The normalized spacial score (nSPS) is 11.5. The van der Waals surface area contributed by atoms with Crippen LogP contribution in [-0.4, -0.2) is 25.8 Å². The molecule has 2 N–H and O–H groups in total. The van der Waals surface area contributed by atoms with Gasteiger partial charge in [-0.1, -0.05) is 19.9 Å². The summed E-state index contributed by atoms with van der Waals surface area (Å²) in [5, 5.41) is 10.1. The molecule has 0 saturated carbocycles. The van der Waals surface area contributed by atoms with Crippen molar-refractivity contribution in [2.45, 2.75) is 39.7 Å². The highest BCUT2D eigenvalue weighted by Gasteiger charge is 2.29. The molecule has 29 heavy (non-hydrogen) atoms. The van der Waals surface area contributed by atoms with Crippen LogP contribution < -0.4 is 15.2 Å². The number of rotatable bonds is 7. The molecule has 7 nitrogen and oxygen atoms in total. The summed E-state index contributed by atoms with van der Waals surface area (Å²) < 4.78 is 38.6. The second-order valence-corrected chi connectivity index (χ2v) is 6.40. The number of imidazole rings is 1. The molecule has 2 heterocycles. The maximum Gasteiger partial charge on any atom is 0.397 e. The topological polar surface area (TPSA) is 89.4 Å². The zero-order valence-electron chi connectivity index (χ0n) is 16.2. The Balaban J connectivity index is 1.82. The molecule has 9 heteroatoms. The lowest BCUT2D eigenvalue weighted by Gasteiger charge is -2.18. The first-order valence-corrected chi connectivity index (χ1v) is 9.08. The Morgan fingerprint density at radius 2 is 2.00 bits per heavy atom. The molecule has 0 aliphatic rings. The number of aromatic nitrogens is 3. The van der Waals surface area contributed by atoms with Crippen molar-refractivity contribution in [3.05, 3.63) is 58.3 Å². The number of hydrogen-bond acceptors (Lipinski definition) is 5. The Labute approximate surface area is 165 Å². The molecule has 0 amide bonds. The lowest BCUT2D eigenvalue weighted by Crippen LogP contribution is -2.23. The highest BCUT2D eigenvalue weighted by Crippen LogP contribution is 2.32. The number of halogens is 2. The van der Waals surface area contributed by atoms with E-state index in [4.69, 9.17) is 9.47 Å². The summed E-state index contributed by atoms with van der Waals surface area (Å²) in [7, 11) is 0. The molecular formula is C20H21F2N3O4. The van der Waals surface area contributed by atoms with Gasteiger partial charge >= 0.3 is 11.8 Å². The van der Waals surface area contributed by atoms with E-state index >= 15 is 0 Å². The molecule has 0 fully saturated rings. The Morgan fingerprint density at radius 3 is 2.59 bits per heavy atom. The summed E-state index contributed by atoms with van der Waals surface area (Å²) in [6, 6.07) is 7.63. The standard InChI is InChI=1S/C20H21F2N3O4/c1-4-15-18(26)25(19(27)24-15)13-7-9-17(23-11-13)28-14-8-6-12(3)16(10-14)29-20(21,22)5-2/h6-11,26H,4-5H2,1-3H3,(H,24,27). The van der Waals surface area contributed by atoms with E-state index in [0.29, 0.717) is 23.4 Å². The highest BCUT2D eigenvalue weighted by atomic mass is 19.3. The predicted molar refractivity (Wildman–Crippen MR) is 102 cm³/mol. The van der Waals surface area contributed by atoms with Gasteiger partial charge in [0.05, 0.1) is 17.6 Å². The summed E-state index contributed by atoms with van der Waals surface area (Å²) in [5.74, 6) is 0.296. The van der Waals surface area contributed by atoms with Crippen molar-refractivity contribution >= 4 is 0 Å². The van der Waals surface area contributed by atoms with E-state index in [1.54, 1.807) is 32.0 Å². The van der Waals surface area contributed by atoms with Gasteiger partial charge < -0.3 is 19.6 Å². The van der Waals surface area contributed by atoms with E-state index < -0.39 is 18.2 Å². The first-order chi connectivity index (χ1) is 13.7. The number of H-pyrrole nitrogens is 1. The number of aromatic amines is 1. The van der Waals surface area contributed by atoms with E-state index in [-0.39, 0.29) is 23.3 Å². The molecule has 0 atom stereocenters. The van der Waals surface area contributed by atoms with Crippen molar-refractivity contribution < 1.29 is 23.4 Å². The molecule has 1 aromatic carbocycles. The van der Waals surface area contributed by atoms with Crippen molar-refractivity contribution in [1.82, 2.24) is 14.5 Å². The number of alkyl halides is 2. The largest absolute Gasteiger partial charge is 0.493 e. The number of benzene rings is 1. The molecule has 0 aliphatic heterocycles. The second kappa shape index (κ2) is 7.94. The number of aryl methyl sites for hydroxylation is 2. The number of nitrogens with zero attached hydrogens (tertiary/aromatic N) is 2. The van der Waals surface area contributed by atoms with Gasteiger partial charge in [0.15, 0.2) is 0 Å². The van der Waals surface area contributed by atoms with Crippen molar-refractivity contribution in [3.8, 4) is 28.9 Å². The maximum absolute atomic E-state index is 13.5. The summed E-state index contributed by atoms with van der Waals surface area (Å²) in [6.45, 7) is 4.79. The van der Waals surface area contributed by atoms with E-state index in [0.717, 1.165) is 4.57 Å². The lowest BCUT2D eigenvalue weighted by atomic mass is 10.2. The molecule has 0 bridgehead atoms. The molecule has 154 valence electrons. The van der Waals surface area contributed by atoms with Gasteiger partial charge in [-0.25, -0.2) is 14.3 Å². The fourth-order valence-corrected chi connectivity index (χ4v) is 2.63. The average molecular weight is 405 g/mol. The quantitative estimate of drug-likeness (QED) is 0.611. The van der Waals surface area contributed by atoms with Crippen LogP contribution in [0, 0.1) is 6.92 Å². The first kappa shape index (κ1) is 20.4. The van der Waals surface area contributed by atoms with E-state index in [1.807, 2.05) is 0 Å². The van der Waals surface area contributed by atoms with Crippen LogP contribution in [-0.2, 0) is 6.42 Å². The van der Waals surface area contributed by atoms with Crippen LogP contribution in [0.4, 0.5) is 8.78 Å². The molecule has 0 unspecified atom stereocenters. The molecule has 0 saturated heterocycles. The summed E-state index contributed by atoms with van der Waals surface area (Å²) in [4.78, 5) is 18.7. The Hall–Kier alpha value is -3.36. The summed E-state index contributed by atoms with van der Waals surface area (Å²) in [5.41, 5.74) is 0.840. The van der Waals surface area contributed by atoms with Crippen LogP contribution in [0.15, 0.2) is 41.3 Å². The molecule has 2 aromatic heterocycles. The van der Waals surface area contributed by atoms with Gasteiger partial charge in [0, 0.05) is 18.6 Å². The minimum absolute atomic E-state index is 0.0156. The molecule has 0 radical (unpaired) electrons. The number of pyridine rings is 1. The Bertz CT molecular complexity index is 1060. The first-order valence-electron chi connectivity index (χ1n) is 9.08. The summed E-state index contributed by atoms with van der Waals surface area (Å²) >= 11 is 0. The number of aromatic hydroxyl groups is 1. The third kappa shape index (κ3) is 4.39. The van der Waals surface area contributed by atoms with Gasteiger partial charge in [-0.15, -0.1) is 0 Å². The maximum atomic E-state index is 13.5. The number of nitrogens with one attached hydrogen (secondary N) is 1. The molecule has 0 aliphatic carbocycles. The van der Waals surface area contributed by atoms with Crippen LogP contribution >= 0.6 is 0 Å². The fraction of sp³-hybridized carbons (Fsp3) is 0.300. The van der Waals surface area contributed by atoms with Crippen LogP contribution in [0.25, 0.3) is 5.69 Å². The Morgan fingerprint density at radius 1 is 1.24 bits per heavy atom. The zero-order chi connectivity index (χ0) is 21.2. The molecular weight excluding hydrogens is 384 g/mol. The third-order valence-corrected chi connectivity index (χ3v) is 4.33. The van der Waals surface area contributed by atoms with Gasteiger partial charge in [0.1, 0.15) is 11.5 Å². The van der Waals surface area contributed by atoms with Crippen molar-refractivity contribution in [1.29, 1.82) is 0 Å². The van der Waals surface area contributed by atoms with Crippen molar-refractivity contribution in [2.24, 2.45) is 0 Å². The van der Waals surface area contributed by atoms with E-state index in [1.165, 1.54) is 25.3 Å². The fourth-order valence-electron chi connectivity index (χ4n) is 2.63. The van der Waals surface area contributed by atoms with Crippen LogP contribution in [0.5, 0.6) is 23.3 Å². The average Bonchev–Trinajstić information content (AvgIpc) is 2.98. The number of hydrogen-bond donors (Lipinski definition) is 2. The molecule has 3 aromatic rings. The minimum atomic E-state index is -3.27. The highest BCUT2D eigenvalue weighted by molar-refractivity contribution is 5.42. The van der Waals surface area contributed by atoms with Crippen molar-refractivity contribution in [2.75, 3.05) is 0 Å².